The minimum absolute atomic E-state index is 0.0413. The number of carbonyl (C=O) groups excluding carboxylic acids is 1. The van der Waals surface area contributed by atoms with E-state index in [9.17, 15) is 9.59 Å². The van der Waals surface area contributed by atoms with Crippen LogP contribution in [0.5, 0.6) is 0 Å². The first-order chi connectivity index (χ1) is 8.31. The van der Waals surface area contributed by atoms with E-state index in [4.69, 9.17) is 5.11 Å². The minimum Gasteiger partial charge on any atom is -0.481 e. The lowest BCUT2D eigenvalue weighted by atomic mass is 9.94. The maximum Gasteiger partial charge on any atom is 0.315 e. The Kier molecular flexibility index (Phi) is 8.45. The molecule has 0 aromatic carbocycles. The summed E-state index contributed by atoms with van der Waals surface area (Å²) in [7, 11) is 0. The van der Waals surface area contributed by atoms with E-state index in [1.54, 1.807) is 0 Å². The van der Waals surface area contributed by atoms with Gasteiger partial charge >= 0.3 is 12.0 Å². The molecule has 1 unspecified atom stereocenters. The molecule has 0 aliphatic rings. The largest absolute Gasteiger partial charge is 0.481 e. The van der Waals surface area contributed by atoms with Gasteiger partial charge in [-0.05, 0) is 18.3 Å². The predicted octanol–water partition coefficient (Wildman–Crippen LogP) is 2.33. The standard InChI is InChI=1S/C12H21BrN2O3/c1-8(2)4-10(5-11(16)17)7-15-12(18)14-6-9(3)13/h8,10H,3-7H2,1-2H3,(H,16,17)(H2,14,15,18). The number of halogens is 1. The summed E-state index contributed by atoms with van der Waals surface area (Å²) in [6, 6.07) is -0.310. The molecular formula is C12H21BrN2O3. The quantitative estimate of drug-likeness (QED) is 0.642. The number of nitrogens with one attached hydrogen (secondary N) is 2. The number of hydrogen-bond acceptors (Lipinski definition) is 2. The van der Waals surface area contributed by atoms with Crippen molar-refractivity contribution in [2.24, 2.45) is 11.8 Å². The summed E-state index contributed by atoms with van der Waals surface area (Å²) in [4.78, 5) is 22.1. The number of rotatable bonds is 8. The molecule has 0 aliphatic carbocycles. The van der Waals surface area contributed by atoms with Crippen molar-refractivity contribution < 1.29 is 14.7 Å². The third-order valence-electron chi connectivity index (χ3n) is 2.26. The summed E-state index contributed by atoms with van der Waals surface area (Å²) in [5.41, 5.74) is 0. The fraction of sp³-hybridized carbons (Fsp3) is 0.667. The Balaban J connectivity index is 4.04. The molecule has 0 aromatic rings. The van der Waals surface area contributed by atoms with Gasteiger partial charge in [0, 0.05) is 17.4 Å². The fourth-order valence-corrected chi connectivity index (χ4v) is 1.77. The monoisotopic (exact) mass is 320 g/mol. The van der Waals surface area contributed by atoms with Crippen LogP contribution in [0, 0.1) is 11.8 Å². The number of carbonyl (C=O) groups is 2. The van der Waals surface area contributed by atoms with Crippen LogP contribution in [0.2, 0.25) is 0 Å². The molecule has 0 spiro atoms. The van der Waals surface area contributed by atoms with E-state index in [0.29, 0.717) is 23.5 Å². The van der Waals surface area contributed by atoms with Crippen LogP contribution in [-0.4, -0.2) is 30.2 Å². The molecule has 0 saturated heterocycles. The molecule has 18 heavy (non-hydrogen) atoms. The highest BCUT2D eigenvalue weighted by Gasteiger charge is 2.15. The van der Waals surface area contributed by atoms with Gasteiger partial charge in [-0.3, -0.25) is 4.79 Å². The molecule has 0 heterocycles. The minimum atomic E-state index is -0.836. The third kappa shape index (κ3) is 10.1. The molecule has 104 valence electrons. The second-order valence-electron chi connectivity index (χ2n) is 4.67. The lowest BCUT2D eigenvalue weighted by Crippen LogP contribution is -2.39. The third-order valence-corrected chi connectivity index (χ3v) is 2.54. The summed E-state index contributed by atoms with van der Waals surface area (Å²) < 4.78 is 0.682. The molecule has 3 N–H and O–H groups in total. The van der Waals surface area contributed by atoms with E-state index >= 15 is 0 Å². The highest BCUT2D eigenvalue weighted by molar-refractivity contribution is 9.11. The van der Waals surface area contributed by atoms with Crippen molar-refractivity contribution in [3.63, 3.8) is 0 Å². The highest BCUT2D eigenvalue weighted by atomic mass is 79.9. The molecule has 0 bridgehead atoms. The Labute approximate surface area is 116 Å². The van der Waals surface area contributed by atoms with Crippen molar-refractivity contribution in [1.82, 2.24) is 10.6 Å². The van der Waals surface area contributed by atoms with Crippen LogP contribution in [0.25, 0.3) is 0 Å². The van der Waals surface area contributed by atoms with E-state index < -0.39 is 5.97 Å². The van der Waals surface area contributed by atoms with Gasteiger partial charge in [-0.1, -0.05) is 36.4 Å². The summed E-state index contributed by atoms with van der Waals surface area (Å²) in [6.45, 7) is 8.37. The van der Waals surface area contributed by atoms with Crippen LogP contribution >= 0.6 is 15.9 Å². The number of urea groups is 1. The maximum atomic E-state index is 11.4. The van der Waals surface area contributed by atoms with Crippen LogP contribution in [-0.2, 0) is 4.79 Å². The first-order valence-corrected chi connectivity index (χ1v) is 6.67. The lowest BCUT2D eigenvalue weighted by molar-refractivity contribution is -0.138. The molecule has 0 aliphatic heterocycles. The van der Waals surface area contributed by atoms with Gasteiger partial charge in [-0.25, -0.2) is 4.79 Å². The van der Waals surface area contributed by atoms with Crippen molar-refractivity contribution in [2.75, 3.05) is 13.1 Å². The molecule has 5 nitrogen and oxygen atoms in total. The van der Waals surface area contributed by atoms with E-state index in [0.717, 1.165) is 6.42 Å². The smallest absolute Gasteiger partial charge is 0.315 e. The lowest BCUT2D eigenvalue weighted by Gasteiger charge is -2.18. The van der Waals surface area contributed by atoms with E-state index in [-0.39, 0.29) is 18.4 Å². The van der Waals surface area contributed by atoms with Gasteiger partial charge in [0.15, 0.2) is 0 Å². The van der Waals surface area contributed by atoms with Gasteiger partial charge in [0.1, 0.15) is 0 Å². The van der Waals surface area contributed by atoms with Gasteiger partial charge in [-0.2, -0.15) is 0 Å². The summed E-state index contributed by atoms with van der Waals surface area (Å²) in [6.07, 6.45) is 0.849. The van der Waals surface area contributed by atoms with Crippen LogP contribution in [0.3, 0.4) is 0 Å². The Morgan fingerprint density at radius 1 is 1.33 bits per heavy atom. The van der Waals surface area contributed by atoms with Crippen LogP contribution in [0.15, 0.2) is 11.1 Å². The second-order valence-corrected chi connectivity index (χ2v) is 5.80. The van der Waals surface area contributed by atoms with E-state index in [1.807, 2.05) is 13.8 Å². The highest BCUT2D eigenvalue weighted by Crippen LogP contribution is 2.14. The Morgan fingerprint density at radius 2 is 1.94 bits per heavy atom. The molecule has 6 heteroatoms. The van der Waals surface area contributed by atoms with Gasteiger partial charge in [-0.15, -0.1) is 0 Å². The predicted molar refractivity (Wildman–Crippen MR) is 74.7 cm³/mol. The average molecular weight is 321 g/mol. The summed E-state index contributed by atoms with van der Waals surface area (Å²) in [5, 5.41) is 14.1. The van der Waals surface area contributed by atoms with Crippen LogP contribution in [0.4, 0.5) is 4.79 Å². The molecule has 0 fully saturated rings. The molecule has 0 saturated carbocycles. The SMILES string of the molecule is C=C(Br)CNC(=O)NCC(CC(=O)O)CC(C)C. The Morgan fingerprint density at radius 3 is 2.39 bits per heavy atom. The average Bonchev–Trinajstić information content (AvgIpc) is 2.21. The molecule has 2 amide bonds. The number of aliphatic carboxylic acids is 1. The molecule has 0 aromatic heterocycles. The normalized spacial score (nSPS) is 12.0. The van der Waals surface area contributed by atoms with E-state index in [1.165, 1.54) is 0 Å². The van der Waals surface area contributed by atoms with Crippen molar-refractivity contribution in [3.05, 3.63) is 11.1 Å². The summed E-state index contributed by atoms with van der Waals surface area (Å²) >= 11 is 3.13. The maximum absolute atomic E-state index is 11.4. The van der Waals surface area contributed by atoms with Gasteiger partial charge in [0.2, 0.25) is 0 Å². The first-order valence-electron chi connectivity index (χ1n) is 5.88. The Bertz CT molecular complexity index is 306. The summed E-state index contributed by atoms with van der Waals surface area (Å²) in [5.74, 6) is -0.473. The number of amides is 2. The van der Waals surface area contributed by atoms with Gasteiger partial charge in [0.25, 0.3) is 0 Å². The van der Waals surface area contributed by atoms with Crippen molar-refractivity contribution in [1.29, 1.82) is 0 Å². The van der Waals surface area contributed by atoms with Gasteiger partial charge < -0.3 is 15.7 Å². The molecule has 0 rings (SSSR count). The second kappa shape index (κ2) is 8.97. The molecular weight excluding hydrogens is 300 g/mol. The zero-order chi connectivity index (χ0) is 14.1. The molecule has 0 radical (unpaired) electrons. The number of carboxylic acids is 1. The molecule has 1 atom stereocenters. The number of carboxylic acid groups (broad SMARTS) is 1. The fourth-order valence-electron chi connectivity index (χ4n) is 1.63. The van der Waals surface area contributed by atoms with Crippen LogP contribution < -0.4 is 10.6 Å². The van der Waals surface area contributed by atoms with E-state index in [2.05, 4.69) is 33.1 Å². The zero-order valence-corrected chi connectivity index (χ0v) is 12.4. The van der Waals surface area contributed by atoms with Gasteiger partial charge in [0.05, 0.1) is 6.54 Å². The van der Waals surface area contributed by atoms with Crippen LogP contribution in [0.1, 0.15) is 26.7 Å². The van der Waals surface area contributed by atoms with Crippen molar-refractivity contribution in [3.8, 4) is 0 Å². The number of hydrogen-bond donors (Lipinski definition) is 3. The topological polar surface area (TPSA) is 78.4 Å². The zero-order valence-electron chi connectivity index (χ0n) is 10.8. The Hall–Kier alpha value is -1.04. The van der Waals surface area contributed by atoms with Crippen molar-refractivity contribution in [2.45, 2.75) is 26.7 Å². The first kappa shape index (κ1) is 17.0. The van der Waals surface area contributed by atoms with Crippen molar-refractivity contribution >= 4 is 27.9 Å².